The number of benzene rings is 2. The molecule has 1 unspecified atom stereocenters. The summed E-state index contributed by atoms with van der Waals surface area (Å²) in [4.78, 5) is 45.6. The van der Waals surface area contributed by atoms with Crippen LogP contribution in [0.3, 0.4) is 0 Å². The van der Waals surface area contributed by atoms with Gasteiger partial charge < -0.3 is 24.2 Å². The van der Waals surface area contributed by atoms with Crippen LogP contribution in [0.1, 0.15) is 84.9 Å². The maximum Gasteiger partial charge on any atom is 0.410 e. The molecule has 0 radical (unpaired) electrons. The van der Waals surface area contributed by atoms with Crippen LogP contribution >= 0.6 is 0 Å². The third kappa shape index (κ3) is 5.14. The molecule has 2 amide bonds. The molecule has 4 heterocycles. The molecule has 2 aromatic carbocycles. The number of aromatic nitrogens is 2. The number of carbonyl (C=O) groups is 3. The predicted octanol–water partition coefficient (Wildman–Crippen LogP) is 5.53. The highest BCUT2D eigenvalue weighted by Gasteiger charge is 2.42. The number of aryl methyl sites for hydroxylation is 1. The second kappa shape index (κ2) is 10.6. The van der Waals surface area contributed by atoms with Gasteiger partial charge in [-0.3, -0.25) is 4.79 Å². The molecule has 42 heavy (non-hydrogen) atoms. The van der Waals surface area contributed by atoms with Crippen molar-refractivity contribution in [3.05, 3.63) is 76.6 Å². The standard InChI is InChI=1S/C32H35FN4O5/c1-32(2,3)42-31(41)35-13-10-21(11-14-35)19-6-8-20(9-7-19)22-15-23-24(25(33)16-22)17-37(29(23)38)28(30(39)40)27-26-5-4-12-36(26)18-34-27/h6-9,15-16,18,21,28H,4-5,10-14,17H2,1-3H3,(H,39,40). The van der Waals surface area contributed by atoms with Crippen molar-refractivity contribution in [3.8, 4) is 11.1 Å². The van der Waals surface area contributed by atoms with E-state index in [1.165, 1.54) is 11.0 Å². The minimum absolute atomic E-state index is 0.121. The lowest BCUT2D eigenvalue weighted by molar-refractivity contribution is -0.142. The fraction of sp³-hybridized carbons (Fsp3) is 0.438. The van der Waals surface area contributed by atoms with E-state index >= 15 is 4.39 Å². The topological polar surface area (TPSA) is 105 Å². The molecule has 0 saturated carbocycles. The van der Waals surface area contributed by atoms with Crippen molar-refractivity contribution in [2.75, 3.05) is 13.1 Å². The summed E-state index contributed by atoms with van der Waals surface area (Å²) >= 11 is 0. The van der Waals surface area contributed by atoms with Gasteiger partial charge >= 0.3 is 12.1 Å². The molecule has 1 fully saturated rings. The number of halogens is 1. The number of fused-ring (bicyclic) bond motifs is 2. The van der Waals surface area contributed by atoms with E-state index in [4.69, 9.17) is 4.74 Å². The van der Waals surface area contributed by atoms with Gasteiger partial charge in [0.15, 0.2) is 6.04 Å². The molecule has 0 spiro atoms. The smallest absolute Gasteiger partial charge is 0.410 e. The first-order valence-corrected chi connectivity index (χ1v) is 14.5. The first kappa shape index (κ1) is 27.9. The Morgan fingerprint density at radius 3 is 2.45 bits per heavy atom. The van der Waals surface area contributed by atoms with E-state index in [1.54, 1.807) is 17.3 Å². The van der Waals surface area contributed by atoms with Gasteiger partial charge in [0.2, 0.25) is 0 Å². The van der Waals surface area contributed by atoms with Crippen molar-refractivity contribution >= 4 is 18.0 Å². The van der Waals surface area contributed by atoms with Crippen LogP contribution in [-0.4, -0.2) is 61.1 Å². The molecule has 0 bridgehead atoms. The van der Waals surface area contributed by atoms with E-state index in [0.29, 0.717) is 36.7 Å². The van der Waals surface area contributed by atoms with Crippen molar-refractivity contribution in [3.63, 3.8) is 0 Å². The molecular formula is C32H35FN4O5. The second-order valence-electron chi connectivity index (χ2n) is 12.4. The first-order valence-electron chi connectivity index (χ1n) is 14.5. The summed E-state index contributed by atoms with van der Waals surface area (Å²) in [7, 11) is 0. The Kier molecular flexibility index (Phi) is 7.03. The molecule has 220 valence electrons. The molecule has 1 aromatic heterocycles. The summed E-state index contributed by atoms with van der Waals surface area (Å²) in [5.41, 5.74) is 3.51. The summed E-state index contributed by atoms with van der Waals surface area (Å²) in [6, 6.07) is 9.66. The molecule has 3 aliphatic rings. The first-order chi connectivity index (χ1) is 20.0. The van der Waals surface area contributed by atoms with E-state index in [2.05, 4.69) is 4.98 Å². The molecule has 0 aliphatic carbocycles. The zero-order valence-corrected chi connectivity index (χ0v) is 24.1. The average Bonchev–Trinajstić information content (AvgIpc) is 3.65. The van der Waals surface area contributed by atoms with Gasteiger partial charge in [-0.05, 0) is 81.2 Å². The minimum atomic E-state index is -1.27. The minimum Gasteiger partial charge on any atom is -0.479 e. The Labute approximate surface area is 243 Å². The van der Waals surface area contributed by atoms with Gasteiger partial charge in [0.1, 0.15) is 11.4 Å². The monoisotopic (exact) mass is 574 g/mol. The van der Waals surface area contributed by atoms with Crippen molar-refractivity contribution in [2.24, 2.45) is 0 Å². The van der Waals surface area contributed by atoms with Crippen molar-refractivity contribution in [2.45, 2.75) is 77.1 Å². The van der Waals surface area contributed by atoms with Crippen LogP contribution < -0.4 is 0 Å². The predicted molar refractivity (Wildman–Crippen MR) is 152 cm³/mol. The third-order valence-corrected chi connectivity index (χ3v) is 8.47. The highest BCUT2D eigenvalue weighted by Crippen LogP contribution is 2.38. The van der Waals surface area contributed by atoms with Crippen molar-refractivity contribution in [1.82, 2.24) is 19.4 Å². The van der Waals surface area contributed by atoms with Crippen LogP contribution in [0.15, 0.2) is 42.7 Å². The number of rotatable bonds is 5. The number of hydrogen-bond donors (Lipinski definition) is 1. The number of carbonyl (C=O) groups excluding carboxylic acids is 2. The number of likely N-dealkylation sites (tertiary alicyclic amines) is 1. The molecule has 1 N–H and O–H groups in total. The largest absolute Gasteiger partial charge is 0.479 e. The molecule has 3 aromatic rings. The normalized spacial score (nSPS) is 17.8. The average molecular weight is 575 g/mol. The number of carboxylic acids is 1. The maximum absolute atomic E-state index is 15.4. The van der Waals surface area contributed by atoms with Crippen LogP contribution in [0, 0.1) is 5.82 Å². The summed E-state index contributed by atoms with van der Waals surface area (Å²) in [5, 5.41) is 10.1. The van der Waals surface area contributed by atoms with E-state index in [9.17, 15) is 19.5 Å². The number of aliphatic carboxylic acids is 1. The molecule has 3 aliphatic heterocycles. The molecule has 10 heteroatoms. The van der Waals surface area contributed by atoms with E-state index in [1.807, 2.05) is 49.6 Å². The Bertz CT molecular complexity index is 1550. The lowest BCUT2D eigenvalue weighted by Gasteiger charge is -2.33. The Balaban J connectivity index is 1.18. The number of carboxylic acid groups (broad SMARTS) is 1. The van der Waals surface area contributed by atoms with Gasteiger partial charge in [-0.15, -0.1) is 0 Å². The number of hydrogen-bond acceptors (Lipinski definition) is 5. The van der Waals surface area contributed by atoms with Crippen LogP contribution in [0.2, 0.25) is 0 Å². The van der Waals surface area contributed by atoms with Gasteiger partial charge in [0, 0.05) is 36.5 Å². The summed E-state index contributed by atoms with van der Waals surface area (Å²) in [6.45, 7) is 7.46. The number of ether oxygens (including phenoxy) is 1. The lowest BCUT2D eigenvalue weighted by Crippen LogP contribution is -2.41. The van der Waals surface area contributed by atoms with E-state index in [0.717, 1.165) is 42.6 Å². The molecule has 1 saturated heterocycles. The number of piperidine rings is 1. The quantitative estimate of drug-likeness (QED) is 0.430. The SMILES string of the molecule is CC(C)(C)OC(=O)N1CCC(c2ccc(-c3cc(F)c4c(c3)C(=O)N(C(C(=O)O)c3ncn5c3CCC5)C4)cc2)CC1. The molecule has 6 rings (SSSR count). The van der Waals surface area contributed by atoms with Crippen LogP contribution in [0.5, 0.6) is 0 Å². The fourth-order valence-electron chi connectivity index (χ4n) is 6.36. The summed E-state index contributed by atoms with van der Waals surface area (Å²) in [6.07, 6.45) is 4.57. The van der Waals surface area contributed by atoms with Gasteiger partial charge in [-0.2, -0.15) is 0 Å². The molecule has 1 atom stereocenters. The highest BCUT2D eigenvalue weighted by molar-refractivity contribution is 6.01. The fourth-order valence-corrected chi connectivity index (χ4v) is 6.36. The lowest BCUT2D eigenvalue weighted by atomic mass is 9.88. The van der Waals surface area contributed by atoms with Crippen LogP contribution in [-0.2, 0) is 29.0 Å². The summed E-state index contributed by atoms with van der Waals surface area (Å²) < 4.78 is 22.8. The van der Waals surface area contributed by atoms with E-state index in [-0.39, 0.29) is 23.8 Å². The maximum atomic E-state index is 15.4. The van der Waals surface area contributed by atoms with Gasteiger partial charge in [0.25, 0.3) is 5.91 Å². The Hall–Kier alpha value is -4.21. The zero-order valence-electron chi connectivity index (χ0n) is 24.1. The number of amides is 2. The Morgan fingerprint density at radius 2 is 1.79 bits per heavy atom. The number of nitrogens with zero attached hydrogens (tertiary/aromatic N) is 4. The van der Waals surface area contributed by atoms with Gasteiger partial charge in [-0.25, -0.2) is 19.0 Å². The zero-order chi connectivity index (χ0) is 29.8. The van der Waals surface area contributed by atoms with Crippen molar-refractivity contribution in [1.29, 1.82) is 0 Å². The summed E-state index contributed by atoms with van der Waals surface area (Å²) in [5.74, 6) is -1.93. The molecular weight excluding hydrogens is 539 g/mol. The molecule has 9 nitrogen and oxygen atoms in total. The van der Waals surface area contributed by atoms with Crippen molar-refractivity contribution < 1.29 is 28.6 Å². The van der Waals surface area contributed by atoms with E-state index < -0.39 is 29.3 Å². The Morgan fingerprint density at radius 1 is 1.07 bits per heavy atom. The number of imidazole rings is 1. The van der Waals surface area contributed by atoms with Gasteiger partial charge in [0.05, 0.1) is 18.6 Å². The van der Waals surface area contributed by atoms with Crippen LogP contribution in [0.25, 0.3) is 11.1 Å². The van der Waals surface area contributed by atoms with Crippen LogP contribution in [0.4, 0.5) is 9.18 Å². The van der Waals surface area contributed by atoms with Gasteiger partial charge in [-0.1, -0.05) is 24.3 Å². The third-order valence-electron chi connectivity index (χ3n) is 8.47. The highest BCUT2D eigenvalue weighted by atomic mass is 19.1. The second-order valence-corrected chi connectivity index (χ2v) is 12.4.